The zero-order valence-corrected chi connectivity index (χ0v) is 3.57. The second-order valence-corrected chi connectivity index (χ2v) is 1.34. The van der Waals surface area contributed by atoms with Crippen LogP contribution in [0.15, 0.2) is 0 Å². The molecule has 0 aliphatic carbocycles. The maximum atomic E-state index is 8.39. The molecule has 0 bridgehead atoms. The molecule has 0 radical (unpaired) electrons. The molecule has 0 spiro atoms. The molecule has 1 aliphatic rings. The van der Waals surface area contributed by atoms with E-state index in [9.17, 15) is 0 Å². The smallest absolute Gasteiger partial charge is 0.193 e. The van der Waals surface area contributed by atoms with E-state index in [1.807, 2.05) is 0 Å². The summed E-state index contributed by atoms with van der Waals surface area (Å²) in [6, 6.07) is 0. The maximum absolute atomic E-state index is 8.39. The first-order chi connectivity index (χ1) is 3.29. The molecule has 1 saturated heterocycles. The van der Waals surface area contributed by atoms with Crippen molar-refractivity contribution in [3.05, 3.63) is 0 Å². The molecular formula is C3H6O4. The van der Waals surface area contributed by atoms with E-state index in [-0.39, 0.29) is 6.42 Å². The van der Waals surface area contributed by atoms with Crippen molar-refractivity contribution in [2.24, 2.45) is 0 Å². The van der Waals surface area contributed by atoms with E-state index in [1.54, 1.807) is 0 Å². The average molecular weight is 106 g/mol. The lowest BCUT2D eigenvalue weighted by molar-refractivity contribution is -0.359. The number of aliphatic hydroxyl groups excluding tert-OH is 2. The highest BCUT2D eigenvalue weighted by molar-refractivity contribution is 4.46. The highest BCUT2D eigenvalue weighted by atomic mass is 17.2. The Bertz CT molecular complexity index is 56.0. The third-order valence-electron chi connectivity index (χ3n) is 0.681. The van der Waals surface area contributed by atoms with Gasteiger partial charge >= 0.3 is 0 Å². The minimum Gasteiger partial charge on any atom is -0.365 e. The van der Waals surface area contributed by atoms with E-state index >= 15 is 0 Å². The number of hydrogen-bond acceptors (Lipinski definition) is 4. The number of hydrogen-bond donors (Lipinski definition) is 2. The van der Waals surface area contributed by atoms with Crippen LogP contribution in [0.1, 0.15) is 6.42 Å². The molecule has 2 atom stereocenters. The molecule has 1 aliphatic heterocycles. The monoisotopic (exact) mass is 106 g/mol. The Morgan fingerprint density at radius 1 is 1.14 bits per heavy atom. The maximum Gasteiger partial charge on any atom is 0.193 e. The zero-order valence-electron chi connectivity index (χ0n) is 3.57. The van der Waals surface area contributed by atoms with Gasteiger partial charge in [0.05, 0.1) is 6.42 Å². The van der Waals surface area contributed by atoms with Crippen molar-refractivity contribution < 1.29 is 20.0 Å². The van der Waals surface area contributed by atoms with E-state index in [2.05, 4.69) is 9.78 Å². The molecule has 1 heterocycles. The van der Waals surface area contributed by atoms with Crippen molar-refractivity contribution in [3.63, 3.8) is 0 Å². The van der Waals surface area contributed by atoms with Crippen LogP contribution in [0.2, 0.25) is 0 Å². The van der Waals surface area contributed by atoms with Gasteiger partial charge in [-0.1, -0.05) is 0 Å². The molecule has 0 aromatic heterocycles. The van der Waals surface area contributed by atoms with Gasteiger partial charge in [-0.05, 0) is 0 Å². The van der Waals surface area contributed by atoms with Gasteiger partial charge in [0.1, 0.15) is 0 Å². The summed E-state index contributed by atoms with van der Waals surface area (Å²) in [7, 11) is 0. The summed E-state index contributed by atoms with van der Waals surface area (Å²) >= 11 is 0. The SMILES string of the molecule is OC1CC(O)OO1. The molecule has 4 heteroatoms. The lowest BCUT2D eigenvalue weighted by Gasteiger charge is -1.90. The highest BCUT2D eigenvalue weighted by Gasteiger charge is 2.22. The Kier molecular flexibility index (Phi) is 1.25. The fourth-order valence-corrected chi connectivity index (χ4v) is 0.379. The Morgan fingerprint density at radius 3 is 1.71 bits per heavy atom. The van der Waals surface area contributed by atoms with Crippen LogP contribution in [0.5, 0.6) is 0 Å². The van der Waals surface area contributed by atoms with Crippen molar-refractivity contribution in [2.45, 2.75) is 19.0 Å². The molecule has 1 rings (SSSR count). The molecule has 0 saturated carbocycles. The Morgan fingerprint density at radius 2 is 1.57 bits per heavy atom. The third kappa shape index (κ3) is 1.10. The number of aliphatic hydroxyl groups is 2. The van der Waals surface area contributed by atoms with Crippen molar-refractivity contribution in [1.82, 2.24) is 0 Å². The molecule has 7 heavy (non-hydrogen) atoms. The predicted molar refractivity (Wildman–Crippen MR) is 18.8 cm³/mol. The van der Waals surface area contributed by atoms with Crippen LogP contribution in [0.25, 0.3) is 0 Å². The van der Waals surface area contributed by atoms with Crippen LogP contribution < -0.4 is 0 Å². The standard InChI is InChI=1S/C3H6O4/c4-2-1-3(5)7-6-2/h2-5H,1H2. The van der Waals surface area contributed by atoms with Gasteiger partial charge in [0.15, 0.2) is 12.6 Å². The highest BCUT2D eigenvalue weighted by Crippen LogP contribution is 2.10. The zero-order chi connectivity index (χ0) is 5.28. The molecule has 2 unspecified atom stereocenters. The Balaban J connectivity index is 2.26. The quantitative estimate of drug-likeness (QED) is 0.388. The first-order valence-electron chi connectivity index (χ1n) is 1.97. The van der Waals surface area contributed by atoms with Gasteiger partial charge in [0, 0.05) is 0 Å². The minimum atomic E-state index is -0.949. The van der Waals surface area contributed by atoms with Gasteiger partial charge in [0.2, 0.25) is 0 Å². The van der Waals surface area contributed by atoms with Crippen molar-refractivity contribution in [2.75, 3.05) is 0 Å². The summed E-state index contributed by atoms with van der Waals surface area (Å²) in [6.07, 6.45) is -1.76. The molecule has 0 aromatic carbocycles. The van der Waals surface area contributed by atoms with E-state index in [0.717, 1.165) is 0 Å². The fourth-order valence-electron chi connectivity index (χ4n) is 0.379. The van der Waals surface area contributed by atoms with Crippen LogP contribution >= 0.6 is 0 Å². The first kappa shape index (κ1) is 4.99. The van der Waals surface area contributed by atoms with Gasteiger partial charge in [-0.2, -0.15) is 0 Å². The first-order valence-corrected chi connectivity index (χ1v) is 1.97. The average Bonchev–Trinajstić information content (AvgIpc) is 1.87. The van der Waals surface area contributed by atoms with Gasteiger partial charge < -0.3 is 10.2 Å². The molecule has 42 valence electrons. The van der Waals surface area contributed by atoms with Crippen LogP contribution in [0.3, 0.4) is 0 Å². The fraction of sp³-hybridized carbons (Fsp3) is 1.00. The van der Waals surface area contributed by atoms with E-state index in [0.29, 0.717) is 0 Å². The minimum absolute atomic E-state index is 0.139. The Labute approximate surface area is 40.2 Å². The topological polar surface area (TPSA) is 58.9 Å². The second kappa shape index (κ2) is 1.75. The predicted octanol–water partition coefficient (Wildman–Crippen LogP) is -1.02. The summed E-state index contributed by atoms with van der Waals surface area (Å²) in [6.45, 7) is 0. The normalized spacial score (nSPS) is 42.0. The molecular weight excluding hydrogens is 100 g/mol. The second-order valence-electron chi connectivity index (χ2n) is 1.34. The summed E-state index contributed by atoms with van der Waals surface area (Å²) in [5.74, 6) is 0. The summed E-state index contributed by atoms with van der Waals surface area (Å²) in [4.78, 5) is 8.14. The molecule has 0 aromatic rings. The van der Waals surface area contributed by atoms with E-state index in [1.165, 1.54) is 0 Å². The number of rotatable bonds is 0. The lowest BCUT2D eigenvalue weighted by Crippen LogP contribution is -2.03. The van der Waals surface area contributed by atoms with Crippen molar-refractivity contribution >= 4 is 0 Å². The molecule has 4 nitrogen and oxygen atoms in total. The van der Waals surface area contributed by atoms with Crippen molar-refractivity contribution in [3.8, 4) is 0 Å². The third-order valence-corrected chi connectivity index (χ3v) is 0.681. The molecule has 1 fully saturated rings. The lowest BCUT2D eigenvalue weighted by atomic mass is 10.4. The Hall–Kier alpha value is -0.160. The summed E-state index contributed by atoms with van der Waals surface area (Å²) in [5.41, 5.74) is 0. The van der Waals surface area contributed by atoms with Crippen LogP contribution in [-0.2, 0) is 9.78 Å². The van der Waals surface area contributed by atoms with Crippen LogP contribution in [-0.4, -0.2) is 22.8 Å². The van der Waals surface area contributed by atoms with Crippen LogP contribution in [0.4, 0.5) is 0 Å². The molecule has 0 amide bonds. The summed E-state index contributed by atoms with van der Waals surface area (Å²) in [5, 5.41) is 16.8. The molecule has 2 N–H and O–H groups in total. The van der Waals surface area contributed by atoms with E-state index < -0.39 is 12.6 Å². The van der Waals surface area contributed by atoms with Crippen LogP contribution in [0, 0.1) is 0 Å². The van der Waals surface area contributed by atoms with Gasteiger partial charge in [-0.25, -0.2) is 9.78 Å². The largest absolute Gasteiger partial charge is 0.365 e. The van der Waals surface area contributed by atoms with Gasteiger partial charge in [-0.3, -0.25) is 0 Å². The van der Waals surface area contributed by atoms with Gasteiger partial charge in [-0.15, -0.1) is 0 Å². The van der Waals surface area contributed by atoms with E-state index in [4.69, 9.17) is 10.2 Å². The summed E-state index contributed by atoms with van der Waals surface area (Å²) < 4.78 is 0. The van der Waals surface area contributed by atoms with Crippen molar-refractivity contribution in [1.29, 1.82) is 0 Å². The van der Waals surface area contributed by atoms with Gasteiger partial charge in [0.25, 0.3) is 0 Å².